The lowest BCUT2D eigenvalue weighted by Crippen LogP contribution is -2.05. The Morgan fingerprint density at radius 1 is 1.13 bits per heavy atom. The molecule has 0 aliphatic heterocycles. The number of benzene rings is 1. The van der Waals surface area contributed by atoms with Crippen molar-refractivity contribution in [2.75, 3.05) is 5.32 Å². The average molecular weight is 307 g/mol. The Hall–Kier alpha value is -2.69. The number of rotatable bonds is 5. The molecule has 0 unspecified atom stereocenters. The summed E-state index contributed by atoms with van der Waals surface area (Å²) in [6.07, 6.45) is 3.84. The molecule has 3 rings (SSSR count). The van der Waals surface area contributed by atoms with Crippen LogP contribution >= 0.6 is 0 Å². The van der Waals surface area contributed by atoms with Crippen molar-refractivity contribution in [2.24, 2.45) is 7.05 Å². The molecule has 0 fully saturated rings. The van der Waals surface area contributed by atoms with E-state index < -0.39 is 0 Å². The van der Waals surface area contributed by atoms with Crippen LogP contribution in [0, 0.1) is 0 Å². The van der Waals surface area contributed by atoms with Gasteiger partial charge in [0.25, 0.3) is 0 Å². The maximum absolute atomic E-state index is 4.58. The van der Waals surface area contributed by atoms with Crippen molar-refractivity contribution in [3.05, 3.63) is 60.2 Å². The van der Waals surface area contributed by atoms with Crippen molar-refractivity contribution < 1.29 is 0 Å². The average Bonchev–Trinajstić information content (AvgIpc) is 2.95. The Morgan fingerprint density at radius 3 is 2.65 bits per heavy atom. The fourth-order valence-corrected chi connectivity index (χ4v) is 2.44. The Labute approximate surface area is 136 Å². The molecule has 0 aliphatic carbocycles. The fourth-order valence-electron chi connectivity index (χ4n) is 2.44. The van der Waals surface area contributed by atoms with E-state index in [-0.39, 0.29) is 0 Å². The Kier molecular flexibility index (Phi) is 4.37. The molecule has 0 atom stereocenters. The Balaban J connectivity index is 1.80. The van der Waals surface area contributed by atoms with Crippen molar-refractivity contribution in [3.63, 3.8) is 0 Å². The fraction of sp³-hybridized carbons (Fsp3) is 0.278. The summed E-state index contributed by atoms with van der Waals surface area (Å²) in [5.74, 6) is 2.01. The second kappa shape index (κ2) is 6.60. The molecule has 0 bridgehead atoms. The summed E-state index contributed by atoms with van der Waals surface area (Å²) in [5, 5.41) is 7.96. The Morgan fingerprint density at radius 2 is 1.91 bits per heavy atom. The lowest BCUT2D eigenvalue weighted by atomic mass is 10.1. The van der Waals surface area contributed by atoms with Crippen LogP contribution in [0.2, 0.25) is 0 Å². The standard InChI is InChI=1S/C18H21N5/c1-13(2)18-19-10-9-16(21-18)20-11-15-12-23(3)22-17(15)14-7-5-4-6-8-14/h4-10,12-13H,11H2,1-3H3,(H,19,20,21). The van der Waals surface area contributed by atoms with Gasteiger partial charge in [0.15, 0.2) is 0 Å². The zero-order chi connectivity index (χ0) is 16.2. The van der Waals surface area contributed by atoms with E-state index in [1.54, 1.807) is 6.20 Å². The monoisotopic (exact) mass is 307 g/mol. The molecule has 23 heavy (non-hydrogen) atoms. The van der Waals surface area contributed by atoms with Crippen molar-refractivity contribution in [2.45, 2.75) is 26.3 Å². The number of nitrogens with one attached hydrogen (secondary N) is 1. The van der Waals surface area contributed by atoms with Crippen LogP contribution < -0.4 is 5.32 Å². The van der Waals surface area contributed by atoms with Crippen LogP contribution in [0.15, 0.2) is 48.8 Å². The van der Waals surface area contributed by atoms with E-state index in [1.165, 1.54) is 0 Å². The third kappa shape index (κ3) is 3.56. The van der Waals surface area contributed by atoms with E-state index in [4.69, 9.17) is 0 Å². The zero-order valence-corrected chi connectivity index (χ0v) is 13.7. The minimum Gasteiger partial charge on any atom is -0.366 e. The van der Waals surface area contributed by atoms with Gasteiger partial charge in [0.1, 0.15) is 11.6 Å². The van der Waals surface area contributed by atoms with Crippen molar-refractivity contribution >= 4 is 5.82 Å². The maximum atomic E-state index is 4.58. The SMILES string of the molecule is CC(C)c1nccc(NCc2cn(C)nc2-c2ccccc2)n1. The first-order valence-electron chi connectivity index (χ1n) is 7.78. The van der Waals surface area contributed by atoms with E-state index >= 15 is 0 Å². The minimum absolute atomic E-state index is 0.315. The number of nitrogens with zero attached hydrogens (tertiary/aromatic N) is 4. The molecule has 1 aromatic carbocycles. The lowest BCUT2D eigenvalue weighted by molar-refractivity contribution is 0.769. The lowest BCUT2D eigenvalue weighted by Gasteiger charge is -2.08. The number of anilines is 1. The number of hydrogen-bond donors (Lipinski definition) is 1. The van der Waals surface area contributed by atoms with E-state index in [1.807, 2.05) is 42.2 Å². The highest BCUT2D eigenvalue weighted by Gasteiger charge is 2.10. The molecular weight excluding hydrogens is 286 g/mol. The minimum atomic E-state index is 0.315. The zero-order valence-electron chi connectivity index (χ0n) is 13.7. The summed E-state index contributed by atoms with van der Waals surface area (Å²) in [5.41, 5.74) is 3.26. The van der Waals surface area contributed by atoms with E-state index in [0.717, 1.165) is 28.5 Å². The first-order valence-corrected chi connectivity index (χ1v) is 7.78. The summed E-state index contributed by atoms with van der Waals surface area (Å²) < 4.78 is 1.85. The van der Waals surface area contributed by atoms with Gasteiger partial charge in [-0.05, 0) is 6.07 Å². The highest BCUT2D eigenvalue weighted by molar-refractivity contribution is 5.63. The molecule has 0 aliphatic rings. The first kappa shape index (κ1) is 15.2. The second-order valence-corrected chi connectivity index (χ2v) is 5.85. The molecule has 2 aromatic heterocycles. The molecule has 118 valence electrons. The van der Waals surface area contributed by atoms with Gasteiger partial charge in [0.05, 0.1) is 5.69 Å². The predicted molar refractivity (Wildman–Crippen MR) is 92.1 cm³/mol. The number of hydrogen-bond acceptors (Lipinski definition) is 4. The highest BCUT2D eigenvalue weighted by Crippen LogP contribution is 2.22. The topological polar surface area (TPSA) is 55.6 Å². The molecule has 3 aromatic rings. The molecular formula is C18H21N5. The molecule has 5 nitrogen and oxygen atoms in total. The van der Waals surface area contributed by atoms with Gasteiger partial charge in [0, 0.05) is 43.0 Å². The van der Waals surface area contributed by atoms with Crippen LogP contribution in [-0.4, -0.2) is 19.7 Å². The van der Waals surface area contributed by atoms with Crippen molar-refractivity contribution in [3.8, 4) is 11.3 Å². The molecule has 0 saturated heterocycles. The van der Waals surface area contributed by atoms with Gasteiger partial charge < -0.3 is 5.32 Å². The summed E-state index contributed by atoms with van der Waals surface area (Å²) in [4.78, 5) is 8.84. The van der Waals surface area contributed by atoms with Gasteiger partial charge in [0.2, 0.25) is 0 Å². The van der Waals surface area contributed by atoms with E-state index in [2.05, 4.69) is 46.4 Å². The largest absolute Gasteiger partial charge is 0.366 e. The third-order valence-electron chi connectivity index (χ3n) is 3.60. The van der Waals surface area contributed by atoms with Crippen LogP contribution in [0.5, 0.6) is 0 Å². The predicted octanol–water partition coefficient (Wildman–Crippen LogP) is 3.61. The van der Waals surface area contributed by atoms with Crippen LogP contribution in [0.4, 0.5) is 5.82 Å². The smallest absolute Gasteiger partial charge is 0.133 e. The van der Waals surface area contributed by atoms with Crippen molar-refractivity contribution in [1.29, 1.82) is 0 Å². The van der Waals surface area contributed by atoms with Crippen LogP contribution in [0.1, 0.15) is 31.2 Å². The summed E-state index contributed by atoms with van der Waals surface area (Å²) in [7, 11) is 1.94. The molecule has 0 saturated carbocycles. The molecule has 5 heteroatoms. The van der Waals surface area contributed by atoms with Crippen LogP contribution in [0.3, 0.4) is 0 Å². The first-order chi connectivity index (χ1) is 11.1. The van der Waals surface area contributed by atoms with Gasteiger partial charge in [-0.3, -0.25) is 4.68 Å². The van der Waals surface area contributed by atoms with Gasteiger partial charge in [-0.15, -0.1) is 0 Å². The number of aromatic nitrogens is 4. The summed E-state index contributed by atoms with van der Waals surface area (Å²) in [6, 6.07) is 12.1. The number of aryl methyl sites for hydroxylation is 1. The second-order valence-electron chi connectivity index (χ2n) is 5.85. The van der Waals surface area contributed by atoms with E-state index in [9.17, 15) is 0 Å². The molecule has 0 amide bonds. The van der Waals surface area contributed by atoms with Gasteiger partial charge in [-0.25, -0.2) is 9.97 Å². The quantitative estimate of drug-likeness (QED) is 0.782. The Bertz CT molecular complexity index is 777. The highest BCUT2D eigenvalue weighted by atomic mass is 15.3. The summed E-state index contributed by atoms with van der Waals surface area (Å²) >= 11 is 0. The molecule has 1 N–H and O–H groups in total. The molecule has 0 spiro atoms. The van der Waals surface area contributed by atoms with Crippen molar-refractivity contribution in [1.82, 2.24) is 19.7 Å². The maximum Gasteiger partial charge on any atom is 0.133 e. The summed E-state index contributed by atoms with van der Waals surface area (Å²) in [6.45, 7) is 4.86. The van der Waals surface area contributed by atoms with Gasteiger partial charge >= 0.3 is 0 Å². The van der Waals surface area contributed by atoms with Crippen LogP contribution in [0.25, 0.3) is 11.3 Å². The normalized spacial score (nSPS) is 11.0. The molecule has 0 radical (unpaired) electrons. The molecule has 2 heterocycles. The van der Waals surface area contributed by atoms with Gasteiger partial charge in [-0.1, -0.05) is 44.2 Å². The van der Waals surface area contributed by atoms with Crippen LogP contribution in [-0.2, 0) is 13.6 Å². The van der Waals surface area contributed by atoms with E-state index in [0.29, 0.717) is 12.5 Å². The third-order valence-corrected chi connectivity index (χ3v) is 3.60. The van der Waals surface area contributed by atoms with Gasteiger partial charge in [-0.2, -0.15) is 5.10 Å².